The van der Waals surface area contributed by atoms with E-state index in [1.807, 2.05) is 20.8 Å². The Morgan fingerprint density at radius 1 is 1.35 bits per heavy atom. The molecule has 1 atom stereocenters. The molecule has 0 aromatic carbocycles. The molecular formula is C15H25NO4. The van der Waals surface area contributed by atoms with Crippen molar-refractivity contribution >= 4 is 12.1 Å². The van der Waals surface area contributed by atoms with Gasteiger partial charge in [0, 0.05) is 12.1 Å². The lowest BCUT2D eigenvalue weighted by Gasteiger charge is -2.27. The highest BCUT2D eigenvalue weighted by atomic mass is 16.6. The van der Waals surface area contributed by atoms with E-state index in [9.17, 15) is 9.59 Å². The van der Waals surface area contributed by atoms with Crippen molar-refractivity contribution in [2.75, 3.05) is 13.2 Å². The fourth-order valence-corrected chi connectivity index (χ4v) is 2.11. The lowest BCUT2D eigenvalue weighted by Crippen LogP contribution is -2.39. The average Bonchev–Trinajstić information content (AvgIpc) is 2.75. The first-order chi connectivity index (χ1) is 9.24. The molecule has 0 saturated carbocycles. The highest BCUT2D eigenvalue weighted by molar-refractivity contribution is 5.88. The Labute approximate surface area is 120 Å². The van der Waals surface area contributed by atoms with E-state index >= 15 is 0 Å². The lowest BCUT2D eigenvalue weighted by atomic mass is 10.1. The number of esters is 1. The maximum Gasteiger partial charge on any atom is 0.410 e. The molecule has 1 rings (SSSR count). The van der Waals surface area contributed by atoms with Crippen molar-refractivity contribution in [1.82, 2.24) is 4.90 Å². The predicted molar refractivity (Wildman–Crippen MR) is 76.4 cm³/mol. The van der Waals surface area contributed by atoms with Gasteiger partial charge >= 0.3 is 12.1 Å². The molecule has 0 spiro atoms. The van der Waals surface area contributed by atoms with Crippen molar-refractivity contribution in [3.63, 3.8) is 0 Å². The van der Waals surface area contributed by atoms with Crippen molar-refractivity contribution in [2.45, 2.75) is 59.1 Å². The number of rotatable bonds is 3. The van der Waals surface area contributed by atoms with Crippen LogP contribution in [0.4, 0.5) is 4.79 Å². The second kappa shape index (κ2) is 6.77. The zero-order valence-electron chi connectivity index (χ0n) is 13.1. The van der Waals surface area contributed by atoms with Gasteiger partial charge in [-0.1, -0.05) is 6.08 Å². The molecule has 0 radical (unpaired) electrons. The molecule has 0 N–H and O–H groups in total. The van der Waals surface area contributed by atoms with Crippen molar-refractivity contribution < 1.29 is 19.1 Å². The summed E-state index contributed by atoms with van der Waals surface area (Å²) in [5.74, 6) is -0.330. The molecule has 1 heterocycles. The smallest absolute Gasteiger partial charge is 0.410 e. The Kier molecular flexibility index (Phi) is 5.60. The minimum Gasteiger partial charge on any atom is -0.463 e. The highest BCUT2D eigenvalue weighted by Gasteiger charge is 2.31. The van der Waals surface area contributed by atoms with Gasteiger partial charge in [0.05, 0.1) is 12.6 Å². The molecule has 0 aromatic heterocycles. The molecule has 20 heavy (non-hydrogen) atoms. The number of ether oxygens (including phenoxy) is 2. The first-order valence-electron chi connectivity index (χ1n) is 7.09. The second-order valence-corrected chi connectivity index (χ2v) is 5.95. The van der Waals surface area contributed by atoms with Crippen LogP contribution in [0.1, 0.15) is 47.5 Å². The molecule has 0 aliphatic carbocycles. The zero-order chi connectivity index (χ0) is 15.3. The van der Waals surface area contributed by atoms with Crippen molar-refractivity contribution in [3.05, 3.63) is 11.6 Å². The molecule has 5 heteroatoms. The number of nitrogens with zero attached hydrogens (tertiary/aromatic N) is 1. The lowest BCUT2D eigenvalue weighted by molar-refractivity contribution is -0.138. The van der Waals surface area contributed by atoms with Gasteiger partial charge in [-0.2, -0.15) is 0 Å². The van der Waals surface area contributed by atoms with Crippen LogP contribution in [0.5, 0.6) is 0 Å². The molecule has 1 amide bonds. The van der Waals surface area contributed by atoms with Gasteiger partial charge in [-0.05, 0) is 47.5 Å². The summed E-state index contributed by atoms with van der Waals surface area (Å²) in [5.41, 5.74) is 0.0247. The van der Waals surface area contributed by atoms with Gasteiger partial charge in [0.2, 0.25) is 0 Å². The van der Waals surface area contributed by atoms with E-state index in [1.165, 1.54) is 0 Å². The van der Waals surface area contributed by atoms with E-state index in [0.717, 1.165) is 12.8 Å². The number of hydrogen-bond donors (Lipinski definition) is 0. The molecule has 1 fully saturated rings. The predicted octanol–water partition coefficient (Wildman–Crippen LogP) is 2.90. The molecule has 5 nitrogen and oxygen atoms in total. The summed E-state index contributed by atoms with van der Waals surface area (Å²) < 4.78 is 10.3. The molecule has 114 valence electrons. The van der Waals surface area contributed by atoms with Crippen LogP contribution in [0, 0.1) is 0 Å². The first-order valence-corrected chi connectivity index (χ1v) is 7.09. The number of hydrogen-bond acceptors (Lipinski definition) is 4. The molecule has 0 aromatic rings. The number of carbonyl (C=O) groups is 2. The third-order valence-corrected chi connectivity index (χ3v) is 2.97. The van der Waals surface area contributed by atoms with E-state index in [1.54, 1.807) is 24.8 Å². The Morgan fingerprint density at radius 3 is 2.55 bits per heavy atom. The van der Waals surface area contributed by atoms with Gasteiger partial charge in [0.25, 0.3) is 0 Å². The van der Waals surface area contributed by atoms with Gasteiger partial charge in [0.1, 0.15) is 5.60 Å². The molecule has 1 aliphatic heterocycles. The largest absolute Gasteiger partial charge is 0.463 e. The summed E-state index contributed by atoms with van der Waals surface area (Å²) in [6, 6.07) is -0.0887. The Morgan fingerprint density at radius 2 is 2.00 bits per heavy atom. The fraction of sp³-hybridized carbons (Fsp3) is 0.733. The zero-order valence-corrected chi connectivity index (χ0v) is 13.1. The third-order valence-electron chi connectivity index (χ3n) is 2.97. The van der Waals surface area contributed by atoms with Gasteiger partial charge < -0.3 is 14.4 Å². The number of carbonyl (C=O) groups excluding carboxylic acids is 2. The van der Waals surface area contributed by atoms with E-state index < -0.39 is 5.60 Å². The van der Waals surface area contributed by atoms with Gasteiger partial charge in [-0.15, -0.1) is 0 Å². The Hall–Kier alpha value is -1.52. The van der Waals surface area contributed by atoms with Crippen LogP contribution in [-0.4, -0.2) is 41.8 Å². The van der Waals surface area contributed by atoms with E-state index in [0.29, 0.717) is 18.7 Å². The van der Waals surface area contributed by atoms with Crippen LogP contribution in [0.25, 0.3) is 0 Å². The third kappa shape index (κ3) is 4.87. The topological polar surface area (TPSA) is 55.8 Å². The van der Waals surface area contributed by atoms with Crippen LogP contribution in [0.15, 0.2) is 11.6 Å². The summed E-state index contributed by atoms with van der Waals surface area (Å²) in [4.78, 5) is 25.4. The first kappa shape index (κ1) is 16.5. The van der Waals surface area contributed by atoms with Crippen molar-refractivity contribution in [3.8, 4) is 0 Å². The van der Waals surface area contributed by atoms with E-state index in [-0.39, 0.29) is 18.1 Å². The number of amides is 1. The minimum atomic E-state index is -0.510. The molecule has 0 unspecified atom stereocenters. The maximum atomic E-state index is 12.1. The van der Waals surface area contributed by atoms with Crippen LogP contribution < -0.4 is 0 Å². The molecule has 1 saturated heterocycles. The summed E-state index contributed by atoms with van der Waals surface area (Å²) in [7, 11) is 0. The van der Waals surface area contributed by atoms with Crippen LogP contribution in [0.2, 0.25) is 0 Å². The Bertz CT molecular complexity index is 395. The average molecular weight is 283 g/mol. The minimum absolute atomic E-state index is 0.0887. The van der Waals surface area contributed by atoms with E-state index in [4.69, 9.17) is 9.47 Å². The maximum absolute atomic E-state index is 12.1. The van der Waals surface area contributed by atoms with Crippen LogP contribution >= 0.6 is 0 Å². The quantitative estimate of drug-likeness (QED) is 0.590. The SMILES string of the molecule is CCOC(=O)C(C)=C[C@@H]1CCCN1C(=O)OC(C)(C)C. The summed E-state index contributed by atoms with van der Waals surface area (Å²) >= 11 is 0. The Balaban J connectivity index is 2.72. The van der Waals surface area contributed by atoms with Crippen molar-refractivity contribution in [1.29, 1.82) is 0 Å². The summed E-state index contributed by atoms with van der Waals surface area (Å²) in [6.45, 7) is 10.0. The normalized spacial score (nSPS) is 19.9. The van der Waals surface area contributed by atoms with Crippen LogP contribution in [0.3, 0.4) is 0 Å². The second-order valence-electron chi connectivity index (χ2n) is 5.95. The summed E-state index contributed by atoms with van der Waals surface area (Å²) in [6.07, 6.45) is 3.23. The molecule has 1 aliphatic rings. The highest BCUT2D eigenvalue weighted by Crippen LogP contribution is 2.22. The number of likely N-dealkylation sites (tertiary alicyclic amines) is 1. The summed E-state index contributed by atoms with van der Waals surface area (Å²) in [5, 5.41) is 0. The molecular weight excluding hydrogens is 258 g/mol. The monoisotopic (exact) mass is 283 g/mol. The van der Waals surface area contributed by atoms with Gasteiger partial charge in [-0.3, -0.25) is 0 Å². The van der Waals surface area contributed by atoms with Crippen LogP contribution in [-0.2, 0) is 14.3 Å². The van der Waals surface area contributed by atoms with Crippen molar-refractivity contribution in [2.24, 2.45) is 0 Å². The standard InChI is InChI=1S/C15H25NO4/c1-6-19-13(17)11(2)10-12-8-7-9-16(12)14(18)20-15(3,4)5/h10,12H,6-9H2,1-5H3/t12-/m0/s1. The fourth-order valence-electron chi connectivity index (χ4n) is 2.11. The molecule has 0 bridgehead atoms. The van der Waals surface area contributed by atoms with Gasteiger partial charge in [-0.25, -0.2) is 9.59 Å². The van der Waals surface area contributed by atoms with Gasteiger partial charge in [0.15, 0.2) is 0 Å². The van der Waals surface area contributed by atoms with E-state index in [2.05, 4.69) is 0 Å².